The fourth-order valence-electron chi connectivity index (χ4n) is 4.48. The van der Waals surface area contributed by atoms with Gasteiger partial charge in [0.25, 0.3) is 5.91 Å². The van der Waals surface area contributed by atoms with Gasteiger partial charge in [0.1, 0.15) is 11.6 Å². The van der Waals surface area contributed by atoms with Crippen molar-refractivity contribution in [3.05, 3.63) is 64.1 Å². The van der Waals surface area contributed by atoms with E-state index < -0.39 is 29.4 Å². The molecule has 3 nitrogen and oxygen atoms in total. The Balaban J connectivity index is 1.75. The lowest BCUT2D eigenvalue weighted by Crippen LogP contribution is -2.48. The van der Waals surface area contributed by atoms with Crippen LogP contribution in [0, 0.1) is 18.7 Å². The van der Waals surface area contributed by atoms with E-state index >= 15 is 0 Å². The summed E-state index contributed by atoms with van der Waals surface area (Å²) in [7, 11) is 0. The molecule has 31 heavy (non-hydrogen) atoms. The molecule has 1 aliphatic heterocycles. The van der Waals surface area contributed by atoms with E-state index in [-0.39, 0.29) is 48.1 Å². The second-order valence-electron chi connectivity index (χ2n) is 8.21. The van der Waals surface area contributed by atoms with E-state index in [0.717, 1.165) is 0 Å². The van der Waals surface area contributed by atoms with Crippen molar-refractivity contribution >= 4 is 23.1 Å². The minimum Gasteiger partial charge on any atom is -0.509 e. The summed E-state index contributed by atoms with van der Waals surface area (Å²) in [4.78, 5) is 12.8. The zero-order valence-electron chi connectivity index (χ0n) is 16.6. The first-order chi connectivity index (χ1) is 14.5. The minimum atomic E-state index is -4.31. The molecule has 8 heteroatoms. The molecule has 1 amide bonds. The Morgan fingerprint density at radius 3 is 2.29 bits per heavy atom. The smallest absolute Gasteiger partial charge is 0.391 e. The second-order valence-corrected chi connectivity index (χ2v) is 8.65. The maximum absolute atomic E-state index is 14.7. The highest BCUT2D eigenvalue weighted by molar-refractivity contribution is 6.30. The summed E-state index contributed by atoms with van der Waals surface area (Å²) in [5.74, 6) is -2.94. The van der Waals surface area contributed by atoms with E-state index in [1.165, 1.54) is 13.0 Å². The van der Waals surface area contributed by atoms with E-state index in [1.807, 2.05) is 0 Å². The van der Waals surface area contributed by atoms with Crippen LogP contribution in [0.1, 0.15) is 36.8 Å². The van der Waals surface area contributed by atoms with Crippen molar-refractivity contribution in [2.75, 3.05) is 0 Å². The van der Waals surface area contributed by atoms with Crippen molar-refractivity contribution in [3.8, 4) is 11.1 Å². The van der Waals surface area contributed by atoms with Gasteiger partial charge in [-0.3, -0.25) is 4.79 Å². The van der Waals surface area contributed by atoms with Crippen LogP contribution in [0.4, 0.5) is 17.6 Å². The molecule has 1 saturated carbocycles. The number of carbonyl (C=O) groups is 1. The zero-order valence-corrected chi connectivity index (χ0v) is 17.4. The number of rotatable bonds is 2. The van der Waals surface area contributed by atoms with Gasteiger partial charge in [-0.2, -0.15) is 13.2 Å². The largest absolute Gasteiger partial charge is 0.509 e. The Morgan fingerprint density at radius 1 is 1.10 bits per heavy atom. The number of alkyl halides is 3. The molecule has 1 spiro atoms. The molecule has 2 aromatic carbocycles. The minimum absolute atomic E-state index is 0.0311. The van der Waals surface area contributed by atoms with E-state index in [2.05, 4.69) is 5.32 Å². The lowest BCUT2D eigenvalue weighted by atomic mass is 9.75. The molecule has 0 saturated heterocycles. The van der Waals surface area contributed by atoms with Crippen molar-refractivity contribution in [1.29, 1.82) is 0 Å². The predicted octanol–water partition coefficient (Wildman–Crippen LogP) is 6.34. The van der Waals surface area contributed by atoms with Gasteiger partial charge in [-0.15, -0.1) is 0 Å². The highest BCUT2D eigenvalue weighted by atomic mass is 35.5. The van der Waals surface area contributed by atoms with Gasteiger partial charge in [-0.1, -0.05) is 23.7 Å². The zero-order chi connectivity index (χ0) is 22.6. The summed E-state index contributed by atoms with van der Waals surface area (Å²) >= 11 is 5.91. The van der Waals surface area contributed by atoms with Gasteiger partial charge < -0.3 is 10.4 Å². The summed E-state index contributed by atoms with van der Waals surface area (Å²) < 4.78 is 53.9. The highest BCUT2D eigenvalue weighted by Gasteiger charge is 2.52. The Kier molecular flexibility index (Phi) is 5.28. The number of hydrogen-bond acceptors (Lipinski definition) is 2. The third-order valence-corrected chi connectivity index (χ3v) is 6.62. The van der Waals surface area contributed by atoms with Gasteiger partial charge in [0.15, 0.2) is 0 Å². The van der Waals surface area contributed by atoms with Crippen LogP contribution in [0.5, 0.6) is 0 Å². The lowest BCUT2D eigenvalue weighted by Gasteiger charge is -2.37. The molecular formula is C23H20ClF4NO2. The quantitative estimate of drug-likeness (QED) is 0.521. The van der Waals surface area contributed by atoms with E-state index in [9.17, 15) is 27.5 Å². The molecule has 0 aromatic heterocycles. The third-order valence-electron chi connectivity index (χ3n) is 6.36. The molecule has 1 fully saturated rings. The van der Waals surface area contributed by atoms with Gasteiger partial charge in [-0.25, -0.2) is 4.39 Å². The lowest BCUT2D eigenvalue weighted by molar-refractivity contribution is -0.184. The first kappa shape index (κ1) is 21.7. The predicted molar refractivity (Wildman–Crippen MR) is 110 cm³/mol. The van der Waals surface area contributed by atoms with E-state index in [0.29, 0.717) is 16.1 Å². The van der Waals surface area contributed by atoms with E-state index in [4.69, 9.17) is 11.6 Å². The number of carbonyl (C=O) groups excluding carboxylic acids is 1. The van der Waals surface area contributed by atoms with Gasteiger partial charge in [0.05, 0.1) is 17.0 Å². The maximum atomic E-state index is 14.7. The summed E-state index contributed by atoms with van der Waals surface area (Å²) in [6.07, 6.45) is -4.76. The monoisotopic (exact) mass is 453 g/mol. The first-order valence-corrected chi connectivity index (χ1v) is 10.3. The Hall–Kier alpha value is -2.54. The Bertz CT molecular complexity index is 1070. The number of aliphatic hydroxyl groups excluding tert-OH is 1. The first-order valence-electron chi connectivity index (χ1n) is 9.91. The fourth-order valence-corrected chi connectivity index (χ4v) is 4.61. The molecule has 0 radical (unpaired) electrons. The second kappa shape index (κ2) is 7.55. The topological polar surface area (TPSA) is 49.3 Å². The van der Waals surface area contributed by atoms with Gasteiger partial charge in [0, 0.05) is 5.02 Å². The van der Waals surface area contributed by atoms with E-state index in [1.54, 1.807) is 30.3 Å². The summed E-state index contributed by atoms with van der Waals surface area (Å²) in [6, 6.07) is 9.66. The number of halogens is 5. The molecule has 0 atom stereocenters. The molecule has 0 unspecified atom stereocenters. The number of hydrogen-bond donors (Lipinski definition) is 2. The number of aliphatic hydroxyl groups is 1. The van der Waals surface area contributed by atoms with Crippen LogP contribution in [0.3, 0.4) is 0 Å². The number of amides is 1. The summed E-state index contributed by atoms with van der Waals surface area (Å²) in [5, 5.41) is 14.2. The molecule has 164 valence electrons. The number of nitrogens with one attached hydrogen (secondary N) is 1. The third kappa shape index (κ3) is 3.80. The SMILES string of the molecule is Cc1c(F)cc(-c2ccc(Cl)cc2)cc1C1=C(O)C2(CCC(C(F)(F)F)CC2)NC1=O. The van der Waals surface area contributed by atoms with Crippen LogP contribution in [0.2, 0.25) is 5.02 Å². The number of benzene rings is 2. The van der Waals surface area contributed by atoms with Crippen LogP contribution in [-0.4, -0.2) is 22.7 Å². The maximum Gasteiger partial charge on any atom is 0.391 e. The Morgan fingerprint density at radius 2 is 1.71 bits per heavy atom. The normalized spacial score (nSPS) is 24.1. The van der Waals surface area contributed by atoms with Crippen LogP contribution >= 0.6 is 11.6 Å². The van der Waals surface area contributed by atoms with Crippen LogP contribution in [-0.2, 0) is 4.79 Å². The molecule has 2 aromatic rings. The molecule has 0 bridgehead atoms. The molecule has 2 N–H and O–H groups in total. The molecular weight excluding hydrogens is 434 g/mol. The molecule has 2 aliphatic rings. The van der Waals surface area contributed by atoms with Gasteiger partial charge >= 0.3 is 6.18 Å². The summed E-state index contributed by atoms with van der Waals surface area (Å²) in [5.41, 5.74) is 0.226. The molecule has 4 rings (SSSR count). The van der Waals surface area contributed by atoms with Crippen molar-refractivity contribution in [2.45, 2.75) is 44.3 Å². The van der Waals surface area contributed by atoms with Crippen LogP contribution < -0.4 is 5.32 Å². The van der Waals surface area contributed by atoms with Crippen molar-refractivity contribution in [3.63, 3.8) is 0 Å². The van der Waals surface area contributed by atoms with Crippen LogP contribution in [0.25, 0.3) is 16.7 Å². The summed E-state index contributed by atoms with van der Waals surface area (Å²) in [6.45, 7) is 1.50. The molecule has 1 aliphatic carbocycles. The fraction of sp³-hybridized carbons (Fsp3) is 0.348. The van der Waals surface area contributed by atoms with Crippen molar-refractivity contribution < 1.29 is 27.5 Å². The highest BCUT2D eigenvalue weighted by Crippen LogP contribution is 2.47. The average Bonchev–Trinajstić information content (AvgIpc) is 2.94. The van der Waals surface area contributed by atoms with Gasteiger partial charge in [0.2, 0.25) is 0 Å². The van der Waals surface area contributed by atoms with Gasteiger partial charge in [-0.05, 0) is 79.1 Å². The standard InChI is InChI=1S/C23H20ClF4NO2/c1-12-17(10-14(11-18(12)25)13-2-4-16(24)5-3-13)19-20(30)22(29-21(19)31)8-6-15(7-9-22)23(26,27)28/h2-5,10-11,15,30H,6-9H2,1H3,(H,29,31). The molecule has 1 heterocycles. The Labute approximate surface area is 181 Å². The average molecular weight is 454 g/mol. The van der Waals surface area contributed by atoms with Crippen molar-refractivity contribution in [1.82, 2.24) is 5.32 Å². The van der Waals surface area contributed by atoms with Crippen LogP contribution in [0.15, 0.2) is 42.2 Å². The van der Waals surface area contributed by atoms with Crippen molar-refractivity contribution in [2.24, 2.45) is 5.92 Å².